The summed E-state index contributed by atoms with van der Waals surface area (Å²) in [5.74, 6) is -1.20. The van der Waals surface area contributed by atoms with E-state index in [1.54, 1.807) is 12.1 Å². The van der Waals surface area contributed by atoms with Gasteiger partial charge in [-0.05, 0) is 55.8 Å². The van der Waals surface area contributed by atoms with E-state index in [1.807, 2.05) is 44.2 Å². The van der Waals surface area contributed by atoms with E-state index in [2.05, 4.69) is 11.4 Å². The van der Waals surface area contributed by atoms with Crippen molar-refractivity contribution in [3.63, 3.8) is 0 Å². The molecular formula is C28H27N3O5S. The second-order valence-corrected chi connectivity index (χ2v) is 11.0. The van der Waals surface area contributed by atoms with Gasteiger partial charge in [-0.1, -0.05) is 42.0 Å². The first-order valence-electron chi connectivity index (χ1n) is 11.5. The minimum absolute atomic E-state index is 0.103. The normalized spacial score (nSPS) is 11.5. The second-order valence-electron chi connectivity index (χ2n) is 8.83. The van der Waals surface area contributed by atoms with Gasteiger partial charge in [0.05, 0.1) is 21.7 Å². The van der Waals surface area contributed by atoms with Crippen LogP contribution in [0, 0.1) is 13.8 Å². The van der Waals surface area contributed by atoms with Crippen LogP contribution in [0.1, 0.15) is 21.5 Å². The number of sulfonamides is 1. The van der Waals surface area contributed by atoms with Crippen molar-refractivity contribution in [2.75, 3.05) is 26.0 Å². The van der Waals surface area contributed by atoms with Crippen molar-refractivity contribution in [3.8, 4) is 11.3 Å². The summed E-state index contributed by atoms with van der Waals surface area (Å²) in [6.07, 6.45) is 0. The molecule has 0 aliphatic rings. The van der Waals surface area contributed by atoms with Gasteiger partial charge in [0.1, 0.15) is 0 Å². The Hall–Kier alpha value is -4.08. The third-order valence-electron chi connectivity index (χ3n) is 5.84. The number of hydrogen-bond donors (Lipinski definition) is 1. The van der Waals surface area contributed by atoms with Gasteiger partial charge in [0.2, 0.25) is 10.0 Å². The fourth-order valence-electron chi connectivity index (χ4n) is 3.91. The van der Waals surface area contributed by atoms with Gasteiger partial charge in [-0.15, -0.1) is 0 Å². The molecule has 0 saturated heterocycles. The Morgan fingerprint density at radius 1 is 0.946 bits per heavy atom. The van der Waals surface area contributed by atoms with Gasteiger partial charge in [-0.3, -0.25) is 4.79 Å². The number of carbonyl (C=O) groups excluding carboxylic acids is 2. The lowest BCUT2D eigenvalue weighted by Crippen LogP contribution is -2.22. The molecule has 1 amide bonds. The molecule has 0 atom stereocenters. The number of aromatic nitrogens is 1. The van der Waals surface area contributed by atoms with Crippen LogP contribution in [-0.4, -0.2) is 50.3 Å². The van der Waals surface area contributed by atoms with Crippen molar-refractivity contribution in [1.29, 1.82) is 0 Å². The van der Waals surface area contributed by atoms with E-state index in [0.29, 0.717) is 27.8 Å². The highest BCUT2D eigenvalue weighted by Crippen LogP contribution is 2.28. The van der Waals surface area contributed by atoms with Gasteiger partial charge in [-0.25, -0.2) is 22.5 Å². The fourth-order valence-corrected chi connectivity index (χ4v) is 4.81. The van der Waals surface area contributed by atoms with Crippen LogP contribution in [0.2, 0.25) is 0 Å². The molecule has 9 heteroatoms. The summed E-state index contributed by atoms with van der Waals surface area (Å²) in [7, 11) is -0.693. The summed E-state index contributed by atoms with van der Waals surface area (Å²) in [5.41, 5.74) is 5.04. The number of benzene rings is 3. The molecule has 37 heavy (non-hydrogen) atoms. The number of fused-ring (bicyclic) bond motifs is 1. The lowest BCUT2D eigenvalue weighted by atomic mass is 9.99. The smallest absolute Gasteiger partial charge is 0.339 e. The molecule has 0 aliphatic carbocycles. The number of hydrogen-bond acceptors (Lipinski definition) is 6. The number of anilines is 1. The summed E-state index contributed by atoms with van der Waals surface area (Å²) in [5, 5.41) is 3.23. The molecule has 1 N–H and O–H groups in total. The molecule has 190 valence electrons. The molecule has 0 radical (unpaired) electrons. The second kappa shape index (κ2) is 10.5. The molecular weight excluding hydrogens is 490 g/mol. The Morgan fingerprint density at radius 3 is 2.32 bits per heavy atom. The zero-order valence-corrected chi connectivity index (χ0v) is 21.8. The predicted molar refractivity (Wildman–Crippen MR) is 143 cm³/mol. The largest absolute Gasteiger partial charge is 0.452 e. The Kier molecular flexibility index (Phi) is 7.37. The summed E-state index contributed by atoms with van der Waals surface area (Å²) >= 11 is 0. The van der Waals surface area contributed by atoms with Crippen LogP contribution in [0.4, 0.5) is 5.69 Å². The van der Waals surface area contributed by atoms with Crippen LogP contribution in [-0.2, 0) is 19.6 Å². The van der Waals surface area contributed by atoms with Crippen LogP contribution in [0.3, 0.4) is 0 Å². The first-order chi connectivity index (χ1) is 17.6. The van der Waals surface area contributed by atoms with Crippen molar-refractivity contribution in [2.45, 2.75) is 18.7 Å². The number of amides is 1. The maximum Gasteiger partial charge on any atom is 0.339 e. The molecule has 4 aromatic rings. The van der Waals surface area contributed by atoms with Crippen LogP contribution >= 0.6 is 0 Å². The first kappa shape index (κ1) is 26.0. The highest BCUT2D eigenvalue weighted by molar-refractivity contribution is 7.89. The Morgan fingerprint density at radius 2 is 1.65 bits per heavy atom. The van der Waals surface area contributed by atoms with E-state index in [1.165, 1.54) is 38.4 Å². The van der Waals surface area contributed by atoms with Crippen molar-refractivity contribution < 1.29 is 22.7 Å². The number of carbonyl (C=O) groups is 2. The fraction of sp³-hybridized carbons (Fsp3) is 0.179. The number of esters is 1. The number of para-hydroxylation sites is 1. The average molecular weight is 518 g/mol. The number of ether oxygens (including phenoxy) is 1. The van der Waals surface area contributed by atoms with Gasteiger partial charge in [0.25, 0.3) is 5.91 Å². The molecule has 8 nitrogen and oxygen atoms in total. The molecule has 0 spiro atoms. The first-order valence-corrected chi connectivity index (χ1v) is 13.0. The zero-order valence-electron chi connectivity index (χ0n) is 21.0. The summed E-state index contributed by atoms with van der Waals surface area (Å²) in [6.45, 7) is 3.49. The number of aryl methyl sites for hydroxylation is 2. The molecule has 0 saturated carbocycles. The highest BCUT2D eigenvalue weighted by Gasteiger charge is 2.19. The molecule has 0 fully saturated rings. The third kappa shape index (κ3) is 5.68. The van der Waals surface area contributed by atoms with E-state index in [9.17, 15) is 18.0 Å². The number of rotatable bonds is 7. The van der Waals surface area contributed by atoms with Gasteiger partial charge < -0.3 is 10.1 Å². The molecule has 4 rings (SSSR count). The quantitative estimate of drug-likeness (QED) is 0.360. The molecule has 1 aromatic heterocycles. The Labute approximate surface area is 216 Å². The average Bonchev–Trinajstić information content (AvgIpc) is 2.87. The third-order valence-corrected chi connectivity index (χ3v) is 7.67. The van der Waals surface area contributed by atoms with E-state index in [-0.39, 0.29) is 4.90 Å². The Bertz CT molecular complexity index is 1600. The molecule has 0 unspecified atom stereocenters. The van der Waals surface area contributed by atoms with Gasteiger partial charge in [0, 0.05) is 30.7 Å². The lowest BCUT2D eigenvalue weighted by Gasteiger charge is -2.13. The Balaban J connectivity index is 1.51. The lowest BCUT2D eigenvalue weighted by molar-refractivity contribution is -0.119. The van der Waals surface area contributed by atoms with E-state index < -0.39 is 28.5 Å². The van der Waals surface area contributed by atoms with E-state index in [4.69, 9.17) is 9.72 Å². The maximum atomic E-state index is 13.1. The monoisotopic (exact) mass is 517 g/mol. The van der Waals surface area contributed by atoms with Crippen LogP contribution in [0.25, 0.3) is 22.2 Å². The number of nitrogens with zero attached hydrogens (tertiary/aromatic N) is 2. The number of nitrogens with one attached hydrogen (secondary N) is 1. The van der Waals surface area contributed by atoms with Crippen LogP contribution in [0.5, 0.6) is 0 Å². The summed E-state index contributed by atoms with van der Waals surface area (Å²) < 4.78 is 30.8. The highest BCUT2D eigenvalue weighted by atomic mass is 32.2. The maximum absolute atomic E-state index is 13.1. The van der Waals surface area contributed by atoms with Gasteiger partial charge in [-0.2, -0.15) is 0 Å². The van der Waals surface area contributed by atoms with Crippen LogP contribution < -0.4 is 5.32 Å². The minimum Gasteiger partial charge on any atom is -0.452 e. The van der Waals surface area contributed by atoms with Crippen LogP contribution in [0.15, 0.2) is 77.7 Å². The minimum atomic E-state index is -3.57. The molecule has 0 aliphatic heterocycles. The van der Waals surface area contributed by atoms with Crippen molar-refractivity contribution in [1.82, 2.24) is 9.29 Å². The standard InChI is InChI=1S/C28H27N3O5S/c1-18-9-14-22(19(2)15-18)26-16-24(23-7-5-6-8-25(23)30-26)28(33)36-17-27(32)29-20-10-12-21(13-11-20)37(34,35)31(3)4/h5-16H,17H2,1-4H3,(H,29,32). The SMILES string of the molecule is Cc1ccc(-c2cc(C(=O)OCC(=O)Nc3ccc(S(=O)(=O)N(C)C)cc3)c3ccccc3n2)c(C)c1. The number of pyridine rings is 1. The molecule has 1 heterocycles. The zero-order chi connectivity index (χ0) is 26.7. The van der Waals surface area contributed by atoms with Gasteiger partial charge >= 0.3 is 5.97 Å². The van der Waals surface area contributed by atoms with E-state index in [0.717, 1.165) is 21.0 Å². The van der Waals surface area contributed by atoms with Crippen molar-refractivity contribution >= 4 is 38.5 Å². The summed E-state index contributed by atoms with van der Waals surface area (Å²) in [4.78, 5) is 30.3. The van der Waals surface area contributed by atoms with Crippen molar-refractivity contribution in [2.24, 2.45) is 0 Å². The molecule has 0 bridgehead atoms. The molecule has 3 aromatic carbocycles. The van der Waals surface area contributed by atoms with E-state index >= 15 is 0 Å². The van der Waals surface area contributed by atoms with Crippen molar-refractivity contribution in [3.05, 3.63) is 89.5 Å². The summed E-state index contributed by atoms with van der Waals surface area (Å²) in [6, 6.07) is 20.7. The predicted octanol–water partition coefficient (Wildman–Crippen LogP) is 4.56. The van der Waals surface area contributed by atoms with Gasteiger partial charge in [0.15, 0.2) is 6.61 Å². The topological polar surface area (TPSA) is 106 Å².